The largest absolute Gasteiger partial charge is 0.493 e. The monoisotopic (exact) mass is 337 g/mol. The highest BCUT2D eigenvalue weighted by atomic mass is 16.5. The fourth-order valence-electron chi connectivity index (χ4n) is 2.84. The number of pyridine rings is 1. The molecule has 0 fully saturated rings. The minimum atomic E-state index is 0.701. The van der Waals surface area contributed by atoms with E-state index in [1.165, 1.54) is 0 Å². The van der Waals surface area contributed by atoms with E-state index in [9.17, 15) is 0 Å². The maximum absolute atomic E-state index is 5.65. The molecule has 0 bridgehead atoms. The quantitative estimate of drug-likeness (QED) is 0.560. The molecule has 0 spiro atoms. The molecule has 0 aliphatic rings. The lowest BCUT2D eigenvalue weighted by Gasteiger charge is -1.98. The molecular weight excluding hydrogens is 318 g/mol. The van der Waals surface area contributed by atoms with E-state index in [4.69, 9.17) is 9.15 Å². The number of furan rings is 1. The van der Waals surface area contributed by atoms with E-state index in [0.717, 1.165) is 40.9 Å². The van der Waals surface area contributed by atoms with Crippen molar-refractivity contribution in [1.29, 1.82) is 0 Å². The number of hydrogen-bond donors (Lipinski definition) is 0. The van der Waals surface area contributed by atoms with Crippen molar-refractivity contribution in [2.45, 2.75) is 19.8 Å². The Hall–Kier alpha value is -3.09. The fourth-order valence-corrected chi connectivity index (χ4v) is 2.84. The number of aryl methyl sites for hydroxylation is 4. The molecule has 7 heteroatoms. The number of nitrogens with zero attached hydrogens (tertiary/aromatic N) is 5. The Labute approximate surface area is 144 Å². The van der Waals surface area contributed by atoms with E-state index in [1.54, 1.807) is 11.6 Å². The highest BCUT2D eigenvalue weighted by molar-refractivity contribution is 5.53. The van der Waals surface area contributed by atoms with Gasteiger partial charge < -0.3 is 13.7 Å². The first-order chi connectivity index (χ1) is 12.1. The lowest BCUT2D eigenvalue weighted by molar-refractivity contribution is 0.416. The van der Waals surface area contributed by atoms with Crippen LogP contribution in [0.3, 0.4) is 0 Å². The van der Waals surface area contributed by atoms with E-state index in [1.807, 2.05) is 55.2 Å². The smallest absolute Gasteiger partial charge is 0.198 e. The second kappa shape index (κ2) is 6.08. The van der Waals surface area contributed by atoms with Crippen LogP contribution in [0.1, 0.15) is 17.4 Å². The molecule has 0 unspecified atom stereocenters. The summed E-state index contributed by atoms with van der Waals surface area (Å²) in [6, 6.07) is 7.65. The first kappa shape index (κ1) is 15.4. The van der Waals surface area contributed by atoms with Gasteiger partial charge in [0, 0.05) is 32.3 Å². The standard InChI is InChI=1S/C18H19N5O2/c1-12-6-7-14(25-12)13-11-22(2)17(19-13)9-8-16-20-18-15(24-3)5-4-10-23(18)21-16/h4-7,10-11H,8-9H2,1-3H3. The lowest BCUT2D eigenvalue weighted by Crippen LogP contribution is -2.01. The maximum Gasteiger partial charge on any atom is 0.198 e. The van der Waals surface area contributed by atoms with Crippen LogP contribution >= 0.6 is 0 Å². The summed E-state index contributed by atoms with van der Waals surface area (Å²) in [5, 5.41) is 4.50. The van der Waals surface area contributed by atoms with E-state index in [2.05, 4.69) is 15.1 Å². The van der Waals surface area contributed by atoms with Crippen molar-refractivity contribution in [1.82, 2.24) is 24.1 Å². The number of methoxy groups -OCH3 is 1. The molecule has 0 radical (unpaired) electrons. The summed E-state index contributed by atoms with van der Waals surface area (Å²) in [6.07, 6.45) is 5.29. The van der Waals surface area contributed by atoms with Crippen molar-refractivity contribution in [2.24, 2.45) is 7.05 Å². The van der Waals surface area contributed by atoms with Crippen molar-refractivity contribution in [3.05, 3.63) is 54.1 Å². The third kappa shape index (κ3) is 2.88. The number of hydrogen-bond acceptors (Lipinski definition) is 5. The number of imidazole rings is 1. The van der Waals surface area contributed by atoms with E-state index in [-0.39, 0.29) is 0 Å². The van der Waals surface area contributed by atoms with Gasteiger partial charge in [0.05, 0.1) is 7.11 Å². The third-order valence-electron chi connectivity index (χ3n) is 4.13. The molecule has 128 valence electrons. The van der Waals surface area contributed by atoms with Crippen molar-refractivity contribution in [3.63, 3.8) is 0 Å². The fraction of sp³-hybridized carbons (Fsp3) is 0.278. The summed E-state index contributed by atoms with van der Waals surface area (Å²) in [4.78, 5) is 9.25. The Morgan fingerprint density at radius 2 is 2.04 bits per heavy atom. The topological polar surface area (TPSA) is 70.4 Å². The van der Waals surface area contributed by atoms with Gasteiger partial charge in [-0.2, -0.15) is 5.10 Å². The molecule has 0 atom stereocenters. The van der Waals surface area contributed by atoms with Gasteiger partial charge in [-0.3, -0.25) is 0 Å². The second-order valence-electron chi connectivity index (χ2n) is 5.94. The molecule has 0 aromatic carbocycles. The Kier molecular flexibility index (Phi) is 3.76. The van der Waals surface area contributed by atoms with Crippen molar-refractivity contribution in [2.75, 3.05) is 7.11 Å². The van der Waals surface area contributed by atoms with Crippen LogP contribution in [0.4, 0.5) is 0 Å². The molecule has 0 saturated carbocycles. The average Bonchev–Trinajstić information content (AvgIpc) is 3.30. The lowest BCUT2D eigenvalue weighted by atomic mass is 10.3. The van der Waals surface area contributed by atoms with Crippen LogP contribution in [-0.2, 0) is 19.9 Å². The molecule has 0 aliphatic heterocycles. The molecule has 4 aromatic rings. The number of rotatable bonds is 5. The SMILES string of the molecule is COc1cccn2nc(CCc3nc(-c4ccc(C)o4)cn3C)nc12. The van der Waals surface area contributed by atoms with Gasteiger partial charge in [0.2, 0.25) is 0 Å². The van der Waals surface area contributed by atoms with Gasteiger partial charge in [-0.15, -0.1) is 0 Å². The second-order valence-corrected chi connectivity index (χ2v) is 5.94. The normalized spacial score (nSPS) is 11.3. The minimum absolute atomic E-state index is 0.701. The molecule has 4 heterocycles. The Bertz CT molecular complexity index is 1030. The van der Waals surface area contributed by atoms with Crippen molar-refractivity contribution < 1.29 is 9.15 Å². The van der Waals surface area contributed by atoms with Gasteiger partial charge in [0.1, 0.15) is 17.3 Å². The summed E-state index contributed by atoms with van der Waals surface area (Å²) in [5.41, 5.74) is 1.57. The first-order valence-corrected chi connectivity index (χ1v) is 8.11. The average molecular weight is 337 g/mol. The first-order valence-electron chi connectivity index (χ1n) is 8.11. The van der Waals surface area contributed by atoms with Crippen LogP contribution in [0.5, 0.6) is 5.75 Å². The van der Waals surface area contributed by atoms with Crippen molar-refractivity contribution in [3.8, 4) is 17.2 Å². The van der Waals surface area contributed by atoms with Crippen LogP contribution in [0, 0.1) is 6.92 Å². The maximum atomic E-state index is 5.65. The van der Waals surface area contributed by atoms with Crippen LogP contribution in [0.2, 0.25) is 0 Å². The molecular formula is C18H19N5O2. The number of fused-ring (bicyclic) bond motifs is 1. The van der Waals surface area contributed by atoms with Crippen molar-refractivity contribution >= 4 is 5.65 Å². The predicted octanol–water partition coefficient (Wildman–Crippen LogP) is 2.83. The van der Waals surface area contributed by atoms with Gasteiger partial charge in [0.25, 0.3) is 0 Å². The number of ether oxygens (including phenoxy) is 1. The predicted molar refractivity (Wildman–Crippen MR) is 92.6 cm³/mol. The van der Waals surface area contributed by atoms with Crippen LogP contribution in [0.25, 0.3) is 17.1 Å². The van der Waals surface area contributed by atoms with Crippen LogP contribution < -0.4 is 4.74 Å². The molecule has 0 aliphatic carbocycles. The third-order valence-corrected chi connectivity index (χ3v) is 4.13. The highest BCUT2D eigenvalue weighted by Crippen LogP contribution is 2.22. The highest BCUT2D eigenvalue weighted by Gasteiger charge is 2.13. The minimum Gasteiger partial charge on any atom is -0.493 e. The Morgan fingerprint density at radius 1 is 1.16 bits per heavy atom. The van der Waals surface area contributed by atoms with Gasteiger partial charge >= 0.3 is 0 Å². The molecule has 25 heavy (non-hydrogen) atoms. The zero-order chi connectivity index (χ0) is 17.4. The van der Waals surface area contributed by atoms with Gasteiger partial charge in [-0.25, -0.2) is 14.5 Å². The van der Waals surface area contributed by atoms with E-state index >= 15 is 0 Å². The van der Waals surface area contributed by atoms with Gasteiger partial charge in [0.15, 0.2) is 23.0 Å². The number of aromatic nitrogens is 5. The Morgan fingerprint density at radius 3 is 2.80 bits per heavy atom. The summed E-state index contributed by atoms with van der Waals surface area (Å²) in [7, 11) is 3.62. The summed E-state index contributed by atoms with van der Waals surface area (Å²) in [6.45, 7) is 1.93. The van der Waals surface area contributed by atoms with Crippen LogP contribution in [-0.4, -0.2) is 31.3 Å². The zero-order valence-corrected chi connectivity index (χ0v) is 14.4. The Balaban J connectivity index is 1.54. The van der Waals surface area contributed by atoms with Crippen LogP contribution in [0.15, 0.2) is 41.1 Å². The summed E-state index contributed by atoms with van der Waals surface area (Å²) in [5.74, 6) is 4.12. The molecule has 0 amide bonds. The molecule has 4 rings (SSSR count). The van der Waals surface area contributed by atoms with E-state index in [0.29, 0.717) is 12.2 Å². The molecule has 7 nitrogen and oxygen atoms in total. The summed E-state index contributed by atoms with van der Waals surface area (Å²) < 4.78 is 14.7. The zero-order valence-electron chi connectivity index (χ0n) is 14.4. The molecule has 4 aromatic heterocycles. The summed E-state index contributed by atoms with van der Waals surface area (Å²) >= 11 is 0. The van der Waals surface area contributed by atoms with Gasteiger partial charge in [-0.1, -0.05) is 0 Å². The molecule has 0 N–H and O–H groups in total. The molecule has 0 saturated heterocycles. The van der Waals surface area contributed by atoms with E-state index < -0.39 is 0 Å². The van der Waals surface area contributed by atoms with Gasteiger partial charge in [-0.05, 0) is 31.2 Å².